The molecule has 5 rings (SSSR count). The number of hydrogen-bond donors (Lipinski definition) is 2. The van der Waals surface area contributed by atoms with Crippen LogP contribution in [-0.4, -0.2) is 30.0 Å². The maximum absolute atomic E-state index is 13.2. The topological polar surface area (TPSA) is 78.5 Å². The molecule has 0 radical (unpaired) electrons. The Morgan fingerprint density at radius 1 is 0.795 bits per heavy atom. The summed E-state index contributed by atoms with van der Waals surface area (Å²) in [5.74, 6) is -0.404. The van der Waals surface area contributed by atoms with E-state index in [1.165, 1.54) is 17.3 Å². The summed E-state index contributed by atoms with van der Waals surface area (Å²) in [6.07, 6.45) is 2.52. The molecule has 0 aromatic heterocycles. The van der Waals surface area contributed by atoms with Gasteiger partial charge >= 0.3 is 0 Å². The summed E-state index contributed by atoms with van der Waals surface area (Å²) in [4.78, 5) is 41.5. The first-order chi connectivity index (χ1) is 19.1. The van der Waals surface area contributed by atoms with Gasteiger partial charge in [-0.2, -0.15) is 0 Å². The maximum atomic E-state index is 13.2. The zero-order chi connectivity index (χ0) is 27.0. The minimum Gasteiger partial charge on any atom is -0.321 e. The number of nitrogens with zero attached hydrogens (tertiary/aromatic N) is 1. The summed E-state index contributed by atoms with van der Waals surface area (Å²) in [6, 6.07) is 33.4. The van der Waals surface area contributed by atoms with E-state index >= 15 is 0 Å². The molecule has 1 aliphatic rings. The third-order valence-electron chi connectivity index (χ3n) is 6.30. The van der Waals surface area contributed by atoms with Crippen molar-refractivity contribution in [1.29, 1.82) is 0 Å². The molecule has 6 nitrogen and oxygen atoms in total. The van der Waals surface area contributed by atoms with E-state index in [0.717, 1.165) is 22.6 Å². The first kappa shape index (κ1) is 26.0. The molecule has 0 unspecified atom stereocenters. The number of para-hydroxylation sites is 1. The van der Waals surface area contributed by atoms with Crippen LogP contribution in [-0.2, 0) is 16.0 Å². The van der Waals surface area contributed by atoms with Gasteiger partial charge in [0.1, 0.15) is 5.70 Å². The van der Waals surface area contributed by atoms with E-state index in [1.54, 1.807) is 42.5 Å². The number of nitrogens with one attached hydrogen (secondary N) is 2. The van der Waals surface area contributed by atoms with Gasteiger partial charge in [-0.15, -0.1) is 11.8 Å². The van der Waals surface area contributed by atoms with Crippen LogP contribution in [0.4, 0.5) is 11.4 Å². The van der Waals surface area contributed by atoms with Gasteiger partial charge in [-0.1, -0.05) is 66.7 Å². The number of hydrogen-bond acceptors (Lipinski definition) is 4. The van der Waals surface area contributed by atoms with Crippen molar-refractivity contribution in [3.8, 4) is 0 Å². The molecule has 0 fully saturated rings. The molecule has 1 heterocycles. The zero-order valence-corrected chi connectivity index (χ0v) is 22.0. The number of carbonyl (C=O) groups is 3. The van der Waals surface area contributed by atoms with Crippen LogP contribution in [0.2, 0.25) is 0 Å². The summed E-state index contributed by atoms with van der Waals surface area (Å²) >= 11 is 1.46. The van der Waals surface area contributed by atoms with Gasteiger partial charge < -0.3 is 15.5 Å². The van der Waals surface area contributed by atoms with Crippen molar-refractivity contribution in [3.63, 3.8) is 0 Å². The van der Waals surface area contributed by atoms with Crippen molar-refractivity contribution < 1.29 is 14.4 Å². The molecule has 3 amide bonds. The molecule has 4 aromatic rings. The number of amides is 3. The largest absolute Gasteiger partial charge is 0.321 e. The highest BCUT2D eigenvalue weighted by Gasteiger charge is 2.24. The quantitative estimate of drug-likeness (QED) is 0.222. The fourth-order valence-corrected chi connectivity index (χ4v) is 5.09. The van der Waals surface area contributed by atoms with Crippen LogP contribution >= 0.6 is 11.8 Å². The number of thioether (sulfide) groups is 1. The van der Waals surface area contributed by atoms with Crippen LogP contribution in [0.25, 0.3) is 6.08 Å². The Morgan fingerprint density at radius 2 is 1.46 bits per heavy atom. The van der Waals surface area contributed by atoms with E-state index in [2.05, 4.69) is 16.7 Å². The van der Waals surface area contributed by atoms with Gasteiger partial charge in [0.2, 0.25) is 5.91 Å². The van der Waals surface area contributed by atoms with Gasteiger partial charge in [-0.3, -0.25) is 14.4 Å². The Morgan fingerprint density at radius 3 is 2.21 bits per heavy atom. The number of benzene rings is 4. The molecule has 39 heavy (non-hydrogen) atoms. The molecule has 0 atom stereocenters. The molecule has 0 aliphatic carbocycles. The molecule has 1 aliphatic heterocycles. The van der Waals surface area contributed by atoms with Gasteiger partial charge in [-0.25, -0.2) is 0 Å². The Labute approximate surface area is 231 Å². The predicted octanol–water partition coefficient (Wildman–Crippen LogP) is 5.78. The number of rotatable bonds is 8. The second-order valence-corrected chi connectivity index (χ2v) is 10.0. The van der Waals surface area contributed by atoms with Crippen molar-refractivity contribution in [1.82, 2.24) is 5.32 Å². The highest BCUT2D eigenvalue weighted by atomic mass is 32.2. The molecular weight excluding hydrogens is 506 g/mol. The first-order valence-corrected chi connectivity index (χ1v) is 13.6. The predicted molar refractivity (Wildman–Crippen MR) is 157 cm³/mol. The second-order valence-electron chi connectivity index (χ2n) is 8.98. The van der Waals surface area contributed by atoms with Crippen molar-refractivity contribution in [2.45, 2.75) is 11.3 Å². The molecular formula is C32H27N3O3S. The van der Waals surface area contributed by atoms with Gasteiger partial charge in [0, 0.05) is 28.4 Å². The third kappa shape index (κ3) is 6.64. The van der Waals surface area contributed by atoms with Gasteiger partial charge in [-0.05, 0) is 66.1 Å². The van der Waals surface area contributed by atoms with Crippen LogP contribution in [0.15, 0.2) is 120 Å². The summed E-state index contributed by atoms with van der Waals surface area (Å²) in [5.41, 5.74) is 4.16. The highest BCUT2D eigenvalue weighted by Crippen LogP contribution is 2.29. The second kappa shape index (κ2) is 12.3. The van der Waals surface area contributed by atoms with E-state index in [4.69, 9.17) is 0 Å². The lowest BCUT2D eigenvalue weighted by Gasteiger charge is -2.17. The highest BCUT2D eigenvalue weighted by molar-refractivity contribution is 8.00. The number of anilines is 2. The molecule has 0 bridgehead atoms. The summed E-state index contributed by atoms with van der Waals surface area (Å²) in [5, 5.41) is 5.60. The van der Waals surface area contributed by atoms with Crippen molar-refractivity contribution in [3.05, 3.63) is 132 Å². The molecule has 194 valence electrons. The molecule has 2 N–H and O–H groups in total. The molecule has 0 saturated heterocycles. The van der Waals surface area contributed by atoms with Crippen LogP contribution in [0, 0.1) is 0 Å². The van der Waals surface area contributed by atoms with E-state index in [-0.39, 0.29) is 17.5 Å². The van der Waals surface area contributed by atoms with Gasteiger partial charge in [0.05, 0.1) is 5.75 Å². The zero-order valence-electron chi connectivity index (χ0n) is 21.2. The Bertz CT molecular complexity index is 1500. The fraction of sp³-hybridized carbons (Fsp3) is 0.0938. The Hall–Kier alpha value is -4.62. The van der Waals surface area contributed by atoms with Crippen LogP contribution < -0.4 is 15.5 Å². The van der Waals surface area contributed by atoms with Crippen LogP contribution in [0.5, 0.6) is 0 Å². The molecule has 0 saturated carbocycles. The van der Waals surface area contributed by atoms with Crippen molar-refractivity contribution >= 4 is 46.9 Å². The average Bonchev–Trinajstić information content (AvgIpc) is 3.42. The monoisotopic (exact) mass is 533 g/mol. The smallest absolute Gasteiger partial charge is 0.272 e. The van der Waals surface area contributed by atoms with Gasteiger partial charge in [0.25, 0.3) is 11.8 Å². The third-order valence-corrected chi connectivity index (χ3v) is 7.30. The normalized spacial score (nSPS) is 12.5. The lowest BCUT2D eigenvalue weighted by atomic mass is 10.1. The standard InChI is InChI=1S/C32H27N3O3S/c36-30(35-20-19-24-11-7-8-14-29(24)35)22-39-27-17-15-26(16-18-27)33-32(38)28(21-23-9-3-1-4-10-23)34-31(37)25-12-5-2-6-13-25/h1-18,21H,19-20,22H2,(H,33,38)(H,34,37)/b28-21-. The average molecular weight is 534 g/mol. The summed E-state index contributed by atoms with van der Waals surface area (Å²) < 4.78 is 0. The SMILES string of the molecule is O=C(Nc1ccc(SCC(=O)N2CCc3ccccc32)cc1)/C(=C/c1ccccc1)NC(=O)c1ccccc1. The Kier molecular flexibility index (Phi) is 8.19. The lowest BCUT2D eigenvalue weighted by Crippen LogP contribution is -2.30. The van der Waals surface area contributed by atoms with E-state index in [0.29, 0.717) is 23.5 Å². The number of carbonyl (C=O) groups excluding carboxylic acids is 3. The molecule has 7 heteroatoms. The summed E-state index contributed by atoms with van der Waals surface area (Å²) in [6.45, 7) is 0.712. The van der Waals surface area contributed by atoms with Crippen molar-refractivity contribution in [2.75, 3.05) is 22.5 Å². The lowest BCUT2D eigenvalue weighted by molar-refractivity contribution is -0.116. The van der Waals surface area contributed by atoms with E-state index in [9.17, 15) is 14.4 Å². The maximum Gasteiger partial charge on any atom is 0.272 e. The number of fused-ring (bicyclic) bond motifs is 1. The van der Waals surface area contributed by atoms with Crippen LogP contribution in [0.3, 0.4) is 0 Å². The first-order valence-electron chi connectivity index (χ1n) is 12.6. The van der Waals surface area contributed by atoms with Crippen molar-refractivity contribution in [2.24, 2.45) is 0 Å². The molecule has 4 aromatic carbocycles. The fourth-order valence-electron chi connectivity index (χ4n) is 4.31. The van der Waals surface area contributed by atoms with Crippen LogP contribution in [0.1, 0.15) is 21.5 Å². The minimum atomic E-state index is -0.439. The van der Waals surface area contributed by atoms with E-state index < -0.39 is 5.91 Å². The van der Waals surface area contributed by atoms with E-state index in [1.807, 2.05) is 71.6 Å². The molecule has 0 spiro atoms. The summed E-state index contributed by atoms with van der Waals surface area (Å²) in [7, 11) is 0. The van der Waals surface area contributed by atoms with Gasteiger partial charge in [0.15, 0.2) is 0 Å². The minimum absolute atomic E-state index is 0.0761. The Balaban J connectivity index is 1.22.